The number of carbonyl (C=O) groups is 1. The lowest BCUT2D eigenvalue weighted by Gasteiger charge is -1.98. The average molecular weight is 401 g/mol. The number of rotatable bonds is 4. The average Bonchev–Trinajstić information content (AvgIpc) is 3.32. The monoisotopic (exact) mass is 400 g/mol. The van der Waals surface area contributed by atoms with Crippen LogP contribution in [0.2, 0.25) is 5.02 Å². The molecule has 9 heteroatoms. The molecule has 1 N–H and O–H groups in total. The number of hydrogen-bond acceptors (Lipinski definition) is 6. The summed E-state index contributed by atoms with van der Waals surface area (Å²) in [6.45, 7) is 0. The summed E-state index contributed by atoms with van der Waals surface area (Å²) in [5.74, 6) is -0.191. The number of anilines is 1. The van der Waals surface area contributed by atoms with Crippen LogP contribution in [0.1, 0.15) is 10.5 Å². The van der Waals surface area contributed by atoms with Gasteiger partial charge < -0.3 is 4.42 Å². The lowest BCUT2D eigenvalue weighted by Crippen LogP contribution is -2.12. The van der Waals surface area contributed by atoms with Gasteiger partial charge in [-0.2, -0.15) is 9.36 Å². The van der Waals surface area contributed by atoms with E-state index in [0.29, 0.717) is 27.1 Å². The molecule has 4 aromatic rings. The van der Waals surface area contributed by atoms with Gasteiger partial charge in [0.25, 0.3) is 5.91 Å². The van der Waals surface area contributed by atoms with E-state index in [4.69, 9.17) is 16.0 Å². The van der Waals surface area contributed by atoms with Crippen molar-refractivity contribution < 1.29 is 13.6 Å². The number of oxazole rings is 1. The van der Waals surface area contributed by atoms with Crippen LogP contribution in [0.4, 0.5) is 9.52 Å². The van der Waals surface area contributed by atoms with Crippen molar-refractivity contribution in [2.75, 3.05) is 5.32 Å². The van der Waals surface area contributed by atoms with Crippen LogP contribution in [0.3, 0.4) is 0 Å². The van der Waals surface area contributed by atoms with Gasteiger partial charge in [-0.1, -0.05) is 23.7 Å². The van der Waals surface area contributed by atoms with Crippen molar-refractivity contribution in [2.45, 2.75) is 0 Å². The molecule has 0 atom stereocenters. The van der Waals surface area contributed by atoms with E-state index >= 15 is 0 Å². The number of benzene rings is 2. The fourth-order valence-corrected chi connectivity index (χ4v) is 3.09. The maximum absolute atomic E-state index is 13.0. The molecule has 0 aliphatic rings. The quantitative estimate of drug-likeness (QED) is 0.526. The largest absolute Gasteiger partial charge is 0.444 e. The molecule has 4 rings (SSSR count). The molecule has 0 fully saturated rings. The van der Waals surface area contributed by atoms with Crippen LogP contribution < -0.4 is 5.32 Å². The van der Waals surface area contributed by atoms with Crippen LogP contribution in [0, 0.1) is 5.82 Å². The number of nitrogens with zero attached hydrogens (tertiary/aromatic N) is 3. The summed E-state index contributed by atoms with van der Waals surface area (Å²) < 4.78 is 22.5. The van der Waals surface area contributed by atoms with E-state index in [-0.39, 0.29) is 17.4 Å². The van der Waals surface area contributed by atoms with Gasteiger partial charge in [0.05, 0.1) is 10.6 Å². The van der Waals surface area contributed by atoms with Gasteiger partial charge in [-0.05, 0) is 36.4 Å². The van der Waals surface area contributed by atoms with Crippen molar-refractivity contribution in [3.05, 3.63) is 71.3 Å². The summed E-state index contributed by atoms with van der Waals surface area (Å²) in [6.07, 6.45) is 1.25. The minimum atomic E-state index is -0.487. The number of nitrogens with one attached hydrogen (secondary N) is 1. The molecule has 0 spiro atoms. The minimum Gasteiger partial charge on any atom is -0.444 e. The maximum Gasteiger partial charge on any atom is 0.279 e. The number of halogens is 2. The Hall–Kier alpha value is -3.10. The Morgan fingerprint density at radius 1 is 1.11 bits per heavy atom. The Balaban J connectivity index is 1.50. The highest BCUT2D eigenvalue weighted by Gasteiger charge is 2.17. The standard InChI is InChI=1S/C18H10ClFN4O2S/c19-13-4-2-1-3-12(13)17-21-14(9-26-17)16(25)23-18-22-15(24-27-18)10-5-7-11(20)8-6-10/h1-9H,(H,22,23,24,25). The van der Waals surface area contributed by atoms with Crippen LogP contribution in [0.5, 0.6) is 0 Å². The van der Waals surface area contributed by atoms with Crippen LogP contribution in [-0.4, -0.2) is 20.2 Å². The predicted molar refractivity (Wildman–Crippen MR) is 100 cm³/mol. The van der Waals surface area contributed by atoms with Crippen molar-refractivity contribution in [2.24, 2.45) is 0 Å². The highest BCUT2D eigenvalue weighted by atomic mass is 35.5. The third kappa shape index (κ3) is 3.71. The van der Waals surface area contributed by atoms with E-state index in [1.807, 2.05) is 0 Å². The maximum atomic E-state index is 13.0. The fraction of sp³-hybridized carbons (Fsp3) is 0. The summed E-state index contributed by atoms with van der Waals surface area (Å²) in [5.41, 5.74) is 1.33. The molecule has 0 aliphatic carbocycles. The van der Waals surface area contributed by atoms with Crippen LogP contribution in [-0.2, 0) is 0 Å². The zero-order chi connectivity index (χ0) is 18.8. The van der Waals surface area contributed by atoms with Gasteiger partial charge in [0.15, 0.2) is 11.5 Å². The topological polar surface area (TPSA) is 80.9 Å². The SMILES string of the molecule is O=C(Nc1nc(-c2ccc(F)cc2)ns1)c1coc(-c2ccccc2Cl)n1. The highest BCUT2D eigenvalue weighted by Crippen LogP contribution is 2.27. The van der Waals surface area contributed by atoms with Gasteiger partial charge in [-0.15, -0.1) is 0 Å². The number of aromatic nitrogens is 3. The summed E-state index contributed by atoms with van der Waals surface area (Å²) in [7, 11) is 0. The molecule has 2 heterocycles. The van der Waals surface area contributed by atoms with E-state index in [2.05, 4.69) is 19.7 Å². The Kier molecular flexibility index (Phi) is 4.66. The normalized spacial score (nSPS) is 10.7. The van der Waals surface area contributed by atoms with Crippen molar-refractivity contribution in [1.29, 1.82) is 0 Å². The lowest BCUT2D eigenvalue weighted by molar-refractivity contribution is 0.102. The molecule has 0 radical (unpaired) electrons. The molecule has 1 amide bonds. The second-order valence-corrected chi connectivity index (χ2v) is 6.56. The second kappa shape index (κ2) is 7.26. The molecule has 0 unspecified atom stereocenters. The van der Waals surface area contributed by atoms with Gasteiger partial charge in [0.1, 0.15) is 12.1 Å². The van der Waals surface area contributed by atoms with Crippen LogP contribution >= 0.6 is 23.1 Å². The zero-order valence-corrected chi connectivity index (χ0v) is 15.1. The van der Waals surface area contributed by atoms with E-state index < -0.39 is 5.91 Å². The molecule has 0 saturated carbocycles. The van der Waals surface area contributed by atoms with Crippen molar-refractivity contribution in [1.82, 2.24) is 14.3 Å². The summed E-state index contributed by atoms with van der Waals surface area (Å²) in [4.78, 5) is 20.7. The molecule has 6 nitrogen and oxygen atoms in total. The van der Waals surface area contributed by atoms with E-state index in [1.54, 1.807) is 36.4 Å². The minimum absolute atomic E-state index is 0.0865. The van der Waals surface area contributed by atoms with Gasteiger partial charge in [-0.25, -0.2) is 9.37 Å². The Morgan fingerprint density at radius 2 is 1.89 bits per heavy atom. The predicted octanol–water partition coefficient (Wildman–Crippen LogP) is 4.90. The summed E-state index contributed by atoms with van der Waals surface area (Å²) in [6, 6.07) is 12.8. The van der Waals surface area contributed by atoms with Gasteiger partial charge >= 0.3 is 0 Å². The summed E-state index contributed by atoms with van der Waals surface area (Å²) in [5, 5.41) is 3.38. The third-order valence-electron chi connectivity index (χ3n) is 3.59. The molecular formula is C18H10ClFN4O2S. The van der Waals surface area contributed by atoms with Gasteiger partial charge in [0, 0.05) is 17.1 Å². The van der Waals surface area contributed by atoms with Crippen molar-refractivity contribution in [3.63, 3.8) is 0 Å². The number of hydrogen-bond donors (Lipinski definition) is 1. The molecule has 2 aromatic heterocycles. The summed E-state index contributed by atoms with van der Waals surface area (Å²) >= 11 is 7.12. The Morgan fingerprint density at radius 3 is 2.67 bits per heavy atom. The smallest absolute Gasteiger partial charge is 0.279 e. The molecule has 0 aliphatic heterocycles. The van der Waals surface area contributed by atoms with E-state index in [0.717, 1.165) is 11.5 Å². The molecule has 27 heavy (non-hydrogen) atoms. The van der Waals surface area contributed by atoms with Crippen molar-refractivity contribution >= 4 is 34.2 Å². The van der Waals surface area contributed by atoms with E-state index in [1.165, 1.54) is 18.4 Å². The van der Waals surface area contributed by atoms with Gasteiger partial charge in [-0.3, -0.25) is 10.1 Å². The molecule has 2 aromatic carbocycles. The third-order valence-corrected chi connectivity index (χ3v) is 4.55. The molecule has 0 bridgehead atoms. The van der Waals surface area contributed by atoms with Crippen LogP contribution in [0.15, 0.2) is 59.2 Å². The van der Waals surface area contributed by atoms with Crippen molar-refractivity contribution in [3.8, 4) is 22.8 Å². The lowest BCUT2D eigenvalue weighted by atomic mass is 10.2. The molecule has 0 saturated heterocycles. The van der Waals surface area contributed by atoms with E-state index in [9.17, 15) is 9.18 Å². The first-order valence-electron chi connectivity index (χ1n) is 7.71. The first-order chi connectivity index (χ1) is 13.1. The number of carbonyl (C=O) groups excluding carboxylic acids is 1. The number of amides is 1. The second-order valence-electron chi connectivity index (χ2n) is 5.40. The molecule has 134 valence electrons. The van der Waals surface area contributed by atoms with Gasteiger partial charge in [0.2, 0.25) is 11.0 Å². The zero-order valence-electron chi connectivity index (χ0n) is 13.5. The fourth-order valence-electron chi connectivity index (χ4n) is 2.29. The Labute approximate surface area is 161 Å². The molecular weight excluding hydrogens is 391 g/mol. The van der Waals surface area contributed by atoms with Crippen LogP contribution in [0.25, 0.3) is 22.8 Å². The Bertz CT molecular complexity index is 1110. The first-order valence-corrected chi connectivity index (χ1v) is 8.87. The highest BCUT2D eigenvalue weighted by molar-refractivity contribution is 7.10. The first kappa shape index (κ1) is 17.3.